The lowest BCUT2D eigenvalue weighted by molar-refractivity contribution is -0.129. The van der Waals surface area contributed by atoms with Gasteiger partial charge in [-0.2, -0.15) is 0 Å². The van der Waals surface area contributed by atoms with Crippen molar-refractivity contribution in [3.8, 4) is 5.75 Å². The molecule has 0 radical (unpaired) electrons. The maximum atomic E-state index is 12.5. The molecule has 1 saturated heterocycles. The molecule has 1 aliphatic heterocycles. The molecular weight excluding hydrogens is 502 g/mol. The van der Waals surface area contributed by atoms with Gasteiger partial charge in [0.25, 0.3) is 5.91 Å². The number of carbonyl (C=O) groups is 3. The molecule has 2 heterocycles. The molecule has 1 fully saturated rings. The monoisotopic (exact) mass is 525 g/mol. The highest BCUT2D eigenvalue weighted by Gasteiger charge is 2.34. The van der Waals surface area contributed by atoms with Crippen molar-refractivity contribution in [2.75, 3.05) is 13.2 Å². The molecule has 4 rings (SSSR count). The second-order valence-corrected chi connectivity index (χ2v) is 8.78. The van der Waals surface area contributed by atoms with Crippen molar-refractivity contribution < 1.29 is 23.5 Å². The number of nitrogens with zero attached hydrogens (tertiary/aromatic N) is 1. The van der Waals surface area contributed by atoms with E-state index in [1.54, 1.807) is 35.2 Å². The van der Waals surface area contributed by atoms with Gasteiger partial charge in [0.05, 0.1) is 29.8 Å². The number of furan rings is 1. The number of hydrogen-bond acceptors (Lipinski definition) is 5. The van der Waals surface area contributed by atoms with Crippen LogP contribution in [0, 0.1) is 5.92 Å². The average molecular weight is 526 g/mol. The topological polar surface area (TPSA) is 101 Å². The molecule has 2 N–H and O–H groups in total. The third-order valence-corrected chi connectivity index (χ3v) is 6.12. The molecule has 0 spiro atoms. The van der Waals surface area contributed by atoms with Crippen LogP contribution in [-0.2, 0) is 22.6 Å². The molecule has 1 atom stereocenters. The van der Waals surface area contributed by atoms with Gasteiger partial charge in [0.15, 0.2) is 0 Å². The molecule has 3 amide bonds. The summed E-state index contributed by atoms with van der Waals surface area (Å²) in [6.45, 7) is 1.08. The Labute approximate surface area is 205 Å². The van der Waals surface area contributed by atoms with E-state index < -0.39 is 17.7 Å². The third kappa shape index (κ3) is 6.05. The number of benzene rings is 2. The molecule has 0 bridgehead atoms. The van der Waals surface area contributed by atoms with Crippen LogP contribution < -0.4 is 15.6 Å². The fourth-order valence-electron chi connectivity index (χ4n) is 3.67. The minimum Gasteiger partial charge on any atom is -0.492 e. The molecule has 8 nitrogen and oxygen atoms in total. The highest BCUT2D eigenvalue weighted by Crippen LogP contribution is 2.26. The maximum absolute atomic E-state index is 12.5. The Kier molecular flexibility index (Phi) is 7.64. The Morgan fingerprint density at radius 2 is 1.91 bits per heavy atom. The van der Waals surface area contributed by atoms with E-state index in [2.05, 4.69) is 26.8 Å². The molecule has 0 saturated carbocycles. The lowest BCUT2D eigenvalue weighted by atomic mass is 10.1. The van der Waals surface area contributed by atoms with Gasteiger partial charge in [-0.1, -0.05) is 30.3 Å². The minimum absolute atomic E-state index is 0.0863. The molecule has 1 unspecified atom stereocenters. The summed E-state index contributed by atoms with van der Waals surface area (Å²) in [5.74, 6) is -0.284. The van der Waals surface area contributed by atoms with Gasteiger partial charge in [0.1, 0.15) is 11.5 Å². The summed E-state index contributed by atoms with van der Waals surface area (Å²) < 4.78 is 11.7. The Hall–Kier alpha value is -3.59. The normalized spacial score (nSPS) is 15.3. The van der Waals surface area contributed by atoms with Gasteiger partial charge in [0.2, 0.25) is 11.8 Å². The van der Waals surface area contributed by atoms with Crippen LogP contribution in [0.15, 0.2) is 75.8 Å². The molecule has 1 aromatic heterocycles. The number of halogens is 1. The lowest BCUT2D eigenvalue weighted by Gasteiger charge is -2.15. The van der Waals surface area contributed by atoms with Gasteiger partial charge in [-0.05, 0) is 51.8 Å². The van der Waals surface area contributed by atoms with Crippen molar-refractivity contribution in [3.63, 3.8) is 0 Å². The highest BCUT2D eigenvalue weighted by atomic mass is 79.9. The van der Waals surface area contributed by atoms with E-state index in [0.29, 0.717) is 34.7 Å². The van der Waals surface area contributed by atoms with Gasteiger partial charge >= 0.3 is 0 Å². The molecule has 2 aromatic carbocycles. The predicted molar refractivity (Wildman–Crippen MR) is 128 cm³/mol. The van der Waals surface area contributed by atoms with Gasteiger partial charge in [0, 0.05) is 24.9 Å². The summed E-state index contributed by atoms with van der Waals surface area (Å²) in [4.78, 5) is 38.7. The van der Waals surface area contributed by atoms with Crippen LogP contribution in [-0.4, -0.2) is 35.8 Å². The summed E-state index contributed by atoms with van der Waals surface area (Å²) in [6.07, 6.45) is 2.39. The quantitative estimate of drug-likeness (QED) is 0.438. The van der Waals surface area contributed by atoms with E-state index >= 15 is 0 Å². The van der Waals surface area contributed by atoms with E-state index in [9.17, 15) is 14.4 Å². The summed E-state index contributed by atoms with van der Waals surface area (Å²) in [5, 5.41) is 0. The zero-order chi connectivity index (χ0) is 23.9. The second-order valence-electron chi connectivity index (χ2n) is 7.93. The number of ether oxygens (including phenoxy) is 1. The van der Waals surface area contributed by atoms with Crippen LogP contribution in [0.2, 0.25) is 0 Å². The number of likely N-dealkylation sites (tertiary alicyclic amines) is 1. The smallest absolute Gasteiger partial charge is 0.269 e. The Morgan fingerprint density at radius 1 is 1.09 bits per heavy atom. The fourth-order valence-corrected chi connectivity index (χ4v) is 4.16. The Morgan fingerprint density at radius 3 is 2.65 bits per heavy atom. The standard InChI is InChI=1S/C25H24BrN3O5/c26-21-13-18(8-9-22(21)34-12-10-17-5-2-1-3-6-17)24(31)27-28-25(32)19-14-23(30)29(15-19)16-20-7-4-11-33-20/h1-9,11,13,19H,10,12,14-16H2,(H,27,31)(H,28,32). The van der Waals surface area contributed by atoms with E-state index in [0.717, 1.165) is 6.42 Å². The number of nitrogens with one attached hydrogen (secondary N) is 2. The van der Waals surface area contributed by atoms with Crippen molar-refractivity contribution in [3.05, 3.63) is 88.3 Å². The molecule has 3 aromatic rings. The van der Waals surface area contributed by atoms with Gasteiger partial charge in [-0.25, -0.2) is 0 Å². The van der Waals surface area contributed by atoms with E-state index in [4.69, 9.17) is 9.15 Å². The van der Waals surface area contributed by atoms with Crippen LogP contribution in [0.25, 0.3) is 0 Å². The van der Waals surface area contributed by atoms with Crippen LogP contribution in [0.5, 0.6) is 5.75 Å². The van der Waals surface area contributed by atoms with Crippen molar-refractivity contribution in [1.82, 2.24) is 15.8 Å². The van der Waals surface area contributed by atoms with E-state index in [1.807, 2.05) is 30.3 Å². The first-order valence-corrected chi connectivity index (χ1v) is 11.7. The molecule has 34 heavy (non-hydrogen) atoms. The first-order valence-electron chi connectivity index (χ1n) is 10.9. The van der Waals surface area contributed by atoms with Crippen molar-refractivity contribution >= 4 is 33.7 Å². The summed E-state index contributed by atoms with van der Waals surface area (Å²) >= 11 is 3.43. The molecule has 1 aliphatic rings. The van der Waals surface area contributed by atoms with Crippen molar-refractivity contribution in [2.45, 2.75) is 19.4 Å². The van der Waals surface area contributed by atoms with Gasteiger partial charge < -0.3 is 14.1 Å². The van der Waals surface area contributed by atoms with Crippen LogP contribution in [0.1, 0.15) is 28.1 Å². The second kappa shape index (κ2) is 11.0. The largest absolute Gasteiger partial charge is 0.492 e. The maximum Gasteiger partial charge on any atom is 0.269 e. The van der Waals surface area contributed by atoms with Crippen molar-refractivity contribution in [1.29, 1.82) is 0 Å². The zero-order valence-electron chi connectivity index (χ0n) is 18.3. The Bertz CT molecular complexity index is 1150. The average Bonchev–Trinajstić information content (AvgIpc) is 3.49. The van der Waals surface area contributed by atoms with Crippen LogP contribution in [0.4, 0.5) is 0 Å². The first kappa shape index (κ1) is 23.6. The number of rotatable bonds is 8. The number of hydrazine groups is 1. The third-order valence-electron chi connectivity index (χ3n) is 5.50. The number of carbonyl (C=O) groups excluding carboxylic acids is 3. The Balaban J connectivity index is 1.24. The molecular formula is C25H24BrN3O5. The predicted octanol–water partition coefficient (Wildman–Crippen LogP) is 3.47. The summed E-state index contributed by atoms with van der Waals surface area (Å²) in [7, 11) is 0. The summed E-state index contributed by atoms with van der Waals surface area (Å²) in [6, 6.07) is 18.5. The van der Waals surface area contributed by atoms with E-state index in [1.165, 1.54) is 11.8 Å². The SMILES string of the molecule is O=C(NNC(=O)C1CC(=O)N(Cc2ccco2)C1)c1ccc(OCCc2ccccc2)c(Br)c1. The lowest BCUT2D eigenvalue weighted by Crippen LogP contribution is -2.45. The molecule has 176 valence electrons. The van der Waals surface area contributed by atoms with Gasteiger partial charge in [-0.15, -0.1) is 0 Å². The fraction of sp³-hybridized carbons (Fsp3) is 0.240. The van der Waals surface area contributed by atoms with Gasteiger partial charge in [-0.3, -0.25) is 25.2 Å². The van der Waals surface area contributed by atoms with Crippen molar-refractivity contribution in [2.24, 2.45) is 5.92 Å². The zero-order valence-corrected chi connectivity index (χ0v) is 19.9. The first-order chi connectivity index (χ1) is 16.5. The molecule has 9 heteroatoms. The minimum atomic E-state index is -0.546. The van der Waals surface area contributed by atoms with Crippen LogP contribution >= 0.6 is 15.9 Å². The number of hydrogen-bond donors (Lipinski definition) is 2. The highest BCUT2D eigenvalue weighted by molar-refractivity contribution is 9.10. The molecule has 0 aliphatic carbocycles. The summed E-state index contributed by atoms with van der Waals surface area (Å²) in [5.41, 5.74) is 6.37. The van der Waals surface area contributed by atoms with E-state index in [-0.39, 0.29) is 18.9 Å². The number of amides is 3. The van der Waals surface area contributed by atoms with Crippen LogP contribution in [0.3, 0.4) is 0 Å².